The molecule has 0 aliphatic carbocycles. The lowest BCUT2D eigenvalue weighted by Gasteiger charge is -2.24. The maximum absolute atomic E-state index is 13.2. The van der Waals surface area contributed by atoms with Crippen molar-refractivity contribution in [3.8, 4) is 0 Å². The summed E-state index contributed by atoms with van der Waals surface area (Å²) in [6, 6.07) is 23.2. The van der Waals surface area contributed by atoms with Crippen molar-refractivity contribution in [3.05, 3.63) is 96.1 Å². The molecule has 0 saturated carbocycles. The van der Waals surface area contributed by atoms with Gasteiger partial charge in [-0.15, -0.1) is 11.8 Å². The lowest BCUT2D eigenvalue weighted by molar-refractivity contribution is -0.137. The number of benzene rings is 3. The molecule has 0 aliphatic heterocycles. The third kappa shape index (κ3) is 6.13. The Morgan fingerprint density at radius 2 is 1.47 bits per heavy atom. The zero-order valence-electron chi connectivity index (χ0n) is 17.2. The van der Waals surface area contributed by atoms with E-state index < -0.39 is 22.9 Å². The van der Waals surface area contributed by atoms with Gasteiger partial charge in [-0.25, -0.2) is 0 Å². The number of para-hydroxylation sites is 1. The first kappa shape index (κ1) is 23.4. The van der Waals surface area contributed by atoms with Gasteiger partial charge in [0.05, 0.1) is 17.8 Å². The van der Waals surface area contributed by atoms with E-state index in [2.05, 4.69) is 5.32 Å². The maximum Gasteiger partial charge on any atom is 0.418 e. The summed E-state index contributed by atoms with van der Waals surface area (Å²) < 4.78 is 39.5. The minimum atomic E-state index is -4.60. The maximum atomic E-state index is 13.2. The van der Waals surface area contributed by atoms with Gasteiger partial charge in [0.2, 0.25) is 11.8 Å². The summed E-state index contributed by atoms with van der Waals surface area (Å²) in [6.45, 7) is -0.385. The van der Waals surface area contributed by atoms with E-state index in [0.29, 0.717) is 0 Å². The molecular weight excluding hydrogens is 437 g/mol. The number of likely N-dealkylation sites (N-methyl/N-ethyl adjacent to an activating group) is 1. The quantitative estimate of drug-likeness (QED) is 0.467. The van der Waals surface area contributed by atoms with Crippen molar-refractivity contribution in [2.24, 2.45) is 0 Å². The Bertz CT molecular complexity index is 1060. The number of rotatable bonds is 7. The van der Waals surface area contributed by atoms with Gasteiger partial charge in [-0.05, 0) is 29.8 Å². The van der Waals surface area contributed by atoms with Crippen molar-refractivity contribution >= 4 is 29.3 Å². The van der Waals surface area contributed by atoms with E-state index in [1.807, 2.05) is 60.7 Å². The third-order valence-electron chi connectivity index (χ3n) is 4.59. The number of alkyl halides is 3. The summed E-state index contributed by atoms with van der Waals surface area (Å²) in [5.74, 6) is -1.04. The number of amides is 2. The van der Waals surface area contributed by atoms with Crippen molar-refractivity contribution in [1.82, 2.24) is 4.90 Å². The number of thioether (sulfide) groups is 1. The normalized spacial score (nSPS) is 12.1. The summed E-state index contributed by atoms with van der Waals surface area (Å²) in [7, 11) is 1.46. The molecule has 1 N–H and O–H groups in total. The van der Waals surface area contributed by atoms with Crippen molar-refractivity contribution < 1.29 is 22.8 Å². The molecule has 3 aromatic rings. The van der Waals surface area contributed by atoms with Crippen LogP contribution in [0.5, 0.6) is 0 Å². The van der Waals surface area contributed by atoms with Crippen LogP contribution in [0.4, 0.5) is 18.9 Å². The summed E-state index contributed by atoms with van der Waals surface area (Å²) in [5.41, 5.74) is -0.519. The lowest BCUT2D eigenvalue weighted by Crippen LogP contribution is -2.37. The fourth-order valence-electron chi connectivity index (χ4n) is 3.05. The predicted molar refractivity (Wildman–Crippen MR) is 119 cm³/mol. The first-order valence-corrected chi connectivity index (χ1v) is 10.6. The van der Waals surface area contributed by atoms with E-state index in [9.17, 15) is 22.8 Å². The van der Waals surface area contributed by atoms with Crippen molar-refractivity contribution in [2.75, 3.05) is 18.9 Å². The molecule has 8 heteroatoms. The number of hydrogen-bond acceptors (Lipinski definition) is 3. The molecule has 0 saturated heterocycles. The lowest BCUT2D eigenvalue weighted by atomic mass is 10.1. The Morgan fingerprint density at radius 1 is 0.906 bits per heavy atom. The minimum absolute atomic E-state index is 0.329. The second-order valence-electron chi connectivity index (χ2n) is 7.01. The van der Waals surface area contributed by atoms with Crippen molar-refractivity contribution in [1.29, 1.82) is 0 Å². The van der Waals surface area contributed by atoms with Gasteiger partial charge in [0.1, 0.15) is 5.25 Å². The summed E-state index contributed by atoms with van der Waals surface area (Å²) >= 11 is 1.34. The zero-order valence-corrected chi connectivity index (χ0v) is 18.0. The monoisotopic (exact) mass is 458 g/mol. The Balaban J connectivity index is 1.74. The molecule has 32 heavy (non-hydrogen) atoms. The Kier molecular flexibility index (Phi) is 7.58. The smallest absolute Gasteiger partial charge is 0.335 e. The molecule has 3 aromatic carbocycles. The molecule has 4 nitrogen and oxygen atoms in total. The highest BCUT2D eigenvalue weighted by Gasteiger charge is 2.34. The summed E-state index contributed by atoms with van der Waals surface area (Å²) in [6.07, 6.45) is -4.60. The van der Waals surface area contributed by atoms with Crippen LogP contribution in [-0.4, -0.2) is 30.3 Å². The SMILES string of the molecule is CN(CC(=O)Nc1ccccc1C(F)(F)F)C(=O)C(Sc1ccccc1)c1ccccc1. The van der Waals surface area contributed by atoms with Gasteiger partial charge in [0.15, 0.2) is 0 Å². The average molecular weight is 459 g/mol. The largest absolute Gasteiger partial charge is 0.418 e. The van der Waals surface area contributed by atoms with Gasteiger partial charge in [-0.2, -0.15) is 13.2 Å². The molecule has 0 spiro atoms. The number of anilines is 1. The van der Waals surface area contributed by atoms with Gasteiger partial charge in [0, 0.05) is 11.9 Å². The topological polar surface area (TPSA) is 49.4 Å². The molecule has 0 radical (unpaired) electrons. The van der Waals surface area contributed by atoms with Crippen molar-refractivity contribution in [2.45, 2.75) is 16.3 Å². The zero-order chi connectivity index (χ0) is 23.1. The molecule has 166 valence electrons. The Hall–Kier alpha value is -3.26. The molecule has 3 rings (SSSR count). The van der Waals surface area contributed by atoms with Crippen molar-refractivity contribution in [3.63, 3.8) is 0 Å². The second-order valence-corrected chi connectivity index (χ2v) is 8.19. The highest BCUT2D eigenvalue weighted by Crippen LogP contribution is 2.37. The third-order valence-corrected chi connectivity index (χ3v) is 5.84. The Morgan fingerprint density at radius 3 is 2.09 bits per heavy atom. The van der Waals surface area contributed by atoms with Crippen LogP contribution in [0.1, 0.15) is 16.4 Å². The number of carbonyl (C=O) groups is 2. The molecular formula is C24H21F3N2O2S. The van der Waals surface area contributed by atoms with Crippen LogP contribution in [0.2, 0.25) is 0 Å². The van der Waals surface area contributed by atoms with Crippen LogP contribution in [0.25, 0.3) is 0 Å². The van der Waals surface area contributed by atoms with E-state index in [0.717, 1.165) is 16.5 Å². The van der Waals surface area contributed by atoms with Crippen LogP contribution in [0.15, 0.2) is 89.8 Å². The molecule has 1 atom stereocenters. The van der Waals surface area contributed by atoms with E-state index >= 15 is 0 Å². The Labute approximate surface area is 188 Å². The van der Waals surface area contributed by atoms with Crippen LogP contribution >= 0.6 is 11.8 Å². The number of halogens is 3. The van der Waals surface area contributed by atoms with Crippen LogP contribution in [-0.2, 0) is 15.8 Å². The second kappa shape index (κ2) is 10.4. The van der Waals surface area contributed by atoms with Crippen LogP contribution in [0, 0.1) is 0 Å². The minimum Gasteiger partial charge on any atom is -0.335 e. The molecule has 1 unspecified atom stereocenters. The van der Waals surface area contributed by atoms with E-state index in [-0.39, 0.29) is 18.1 Å². The summed E-state index contributed by atoms with van der Waals surface area (Å²) in [4.78, 5) is 27.8. The molecule has 2 amide bonds. The van der Waals surface area contributed by atoms with Crippen LogP contribution < -0.4 is 5.32 Å². The fraction of sp³-hybridized carbons (Fsp3) is 0.167. The predicted octanol–water partition coefficient (Wildman–Crippen LogP) is 5.64. The van der Waals surface area contributed by atoms with Gasteiger partial charge in [-0.1, -0.05) is 60.7 Å². The van der Waals surface area contributed by atoms with Gasteiger partial charge >= 0.3 is 6.18 Å². The molecule has 0 fully saturated rings. The average Bonchev–Trinajstić information content (AvgIpc) is 2.78. The number of hydrogen-bond donors (Lipinski definition) is 1. The first-order chi connectivity index (χ1) is 15.3. The molecule has 0 aromatic heterocycles. The number of carbonyl (C=O) groups excluding carboxylic acids is 2. The van der Waals surface area contributed by atoms with Gasteiger partial charge in [0.25, 0.3) is 0 Å². The van der Waals surface area contributed by atoms with Gasteiger partial charge < -0.3 is 10.2 Å². The number of nitrogens with one attached hydrogen (secondary N) is 1. The highest BCUT2D eigenvalue weighted by atomic mass is 32.2. The first-order valence-electron chi connectivity index (χ1n) is 9.73. The summed E-state index contributed by atoms with van der Waals surface area (Å²) in [5, 5.41) is 1.66. The molecule has 0 aliphatic rings. The number of nitrogens with zero attached hydrogens (tertiary/aromatic N) is 1. The van der Waals surface area contributed by atoms with E-state index in [1.165, 1.54) is 41.9 Å². The highest BCUT2D eigenvalue weighted by molar-refractivity contribution is 8.00. The van der Waals surface area contributed by atoms with Gasteiger partial charge in [-0.3, -0.25) is 9.59 Å². The standard InChI is InChI=1S/C24H21F3N2O2S/c1-29(16-21(30)28-20-15-9-8-14-19(20)24(25,26)27)23(31)22(17-10-4-2-5-11-17)32-18-12-6-3-7-13-18/h2-15,22H,16H2,1H3,(H,28,30). The van der Waals surface area contributed by atoms with E-state index in [1.54, 1.807) is 0 Å². The molecule has 0 bridgehead atoms. The van der Waals surface area contributed by atoms with Crippen LogP contribution in [0.3, 0.4) is 0 Å². The molecule has 0 heterocycles. The van der Waals surface area contributed by atoms with E-state index in [4.69, 9.17) is 0 Å². The fourth-order valence-corrected chi connectivity index (χ4v) is 4.21.